The summed E-state index contributed by atoms with van der Waals surface area (Å²) in [6.07, 6.45) is 1.34. The van der Waals surface area contributed by atoms with Crippen LogP contribution in [0.2, 0.25) is 0 Å². The van der Waals surface area contributed by atoms with Gasteiger partial charge in [0.15, 0.2) is 0 Å². The maximum absolute atomic E-state index is 12.0. The Morgan fingerprint density at radius 3 is 2.58 bits per heavy atom. The fourth-order valence-electron chi connectivity index (χ4n) is 2.89. The molecule has 0 atom stereocenters. The van der Waals surface area contributed by atoms with Gasteiger partial charge in [-0.25, -0.2) is 4.79 Å². The zero-order valence-corrected chi connectivity index (χ0v) is 13.8. The Labute approximate surface area is 139 Å². The second-order valence-electron chi connectivity index (χ2n) is 5.61. The van der Waals surface area contributed by atoms with Gasteiger partial charge in [-0.1, -0.05) is 0 Å². The number of methoxy groups -OCH3 is 1. The van der Waals surface area contributed by atoms with Gasteiger partial charge in [0, 0.05) is 37.7 Å². The molecule has 1 aliphatic heterocycles. The highest BCUT2D eigenvalue weighted by Gasteiger charge is 2.27. The number of hydrogen-bond donors (Lipinski definition) is 1. The Bertz CT molecular complexity index is 639. The monoisotopic (exact) mass is 335 g/mol. The van der Waals surface area contributed by atoms with E-state index in [-0.39, 0.29) is 23.1 Å². The van der Waals surface area contributed by atoms with Gasteiger partial charge < -0.3 is 15.0 Å². The fourth-order valence-corrected chi connectivity index (χ4v) is 2.89. The summed E-state index contributed by atoms with van der Waals surface area (Å²) in [4.78, 5) is 36.2. The molecular formula is C16H21N3O5. The van der Waals surface area contributed by atoms with Gasteiger partial charge in [-0.15, -0.1) is 0 Å². The molecule has 1 aromatic carbocycles. The quantitative estimate of drug-likeness (QED) is 0.499. The Morgan fingerprint density at radius 1 is 1.38 bits per heavy atom. The van der Waals surface area contributed by atoms with Crippen LogP contribution in [0.3, 0.4) is 0 Å². The number of nitro groups is 1. The van der Waals surface area contributed by atoms with Crippen molar-refractivity contribution >= 4 is 23.3 Å². The number of nitrogens with one attached hydrogen (secondary N) is 1. The summed E-state index contributed by atoms with van der Waals surface area (Å²) < 4.78 is 4.74. The summed E-state index contributed by atoms with van der Waals surface area (Å²) in [5, 5.41) is 13.7. The van der Waals surface area contributed by atoms with Crippen molar-refractivity contribution in [3.63, 3.8) is 0 Å². The Balaban J connectivity index is 2.19. The topological polar surface area (TPSA) is 102 Å². The van der Waals surface area contributed by atoms with Crippen LogP contribution in [0.15, 0.2) is 18.2 Å². The molecule has 0 saturated carbocycles. The number of hydrogen-bond acceptors (Lipinski definition) is 6. The van der Waals surface area contributed by atoms with Crippen molar-refractivity contribution in [2.45, 2.75) is 19.8 Å². The summed E-state index contributed by atoms with van der Waals surface area (Å²) in [5.74, 6) is -0.602. The van der Waals surface area contributed by atoms with E-state index in [4.69, 9.17) is 4.74 Å². The molecule has 0 aliphatic carbocycles. The molecule has 8 heteroatoms. The van der Waals surface area contributed by atoms with Crippen LogP contribution in [0.1, 0.15) is 30.1 Å². The third-order valence-electron chi connectivity index (χ3n) is 4.15. The van der Waals surface area contributed by atoms with Gasteiger partial charge in [0.2, 0.25) is 5.91 Å². The third kappa shape index (κ3) is 3.81. The molecule has 2 rings (SSSR count). The van der Waals surface area contributed by atoms with Crippen LogP contribution in [0.25, 0.3) is 0 Å². The highest BCUT2D eigenvalue weighted by atomic mass is 16.6. The Hall–Kier alpha value is -2.64. The summed E-state index contributed by atoms with van der Waals surface area (Å²) in [6.45, 7) is 3.69. The van der Waals surface area contributed by atoms with E-state index in [0.29, 0.717) is 38.2 Å². The molecule has 8 nitrogen and oxygen atoms in total. The van der Waals surface area contributed by atoms with Gasteiger partial charge in [0.25, 0.3) is 5.69 Å². The van der Waals surface area contributed by atoms with E-state index in [9.17, 15) is 19.7 Å². The first-order valence-electron chi connectivity index (χ1n) is 7.87. The largest absolute Gasteiger partial charge is 0.465 e. The van der Waals surface area contributed by atoms with Gasteiger partial charge >= 0.3 is 5.97 Å². The van der Waals surface area contributed by atoms with E-state index in [1.165, 1.54) is 19.2 Å². The molecular weight excluding hydrogens is 314 g/mol. The zero-order valence-electron chi connectivity index (χ0n) is 13.8. The molecule has 1 fully saturated rings. The number of piperidine rings is 1. The van der Waals surface area contributed by atoms with E-state index in [1.807, 2.05) is 11.8 Å². The van der Waals surface area contributed by atoms with Gasteiger partial charge in [-0.2, -0.15) is 0 Å². The molecule has 1 aromatic rings. The van der Waals surface area contributed by atoms with E-state index >= 15 is 0 Å². The molecule has 1 aliphatic rings. The normalized spacial score (nSPS) is 15.0. The molecule has 0 aromatic heterocycles. The van der Waals surface area contributed by atoms with Crippen molar-refractivity contribution in [1.82, 2.24) is 5.32 Å². The standard InChI is InChI=1S/C16H21N3O5/c1-3-17-15(20)11-6-8-18(9-7-11)14-5-4-12(19(22)23)10-13(14)16(21)24-2/h4-5,10-11H,3,6-9H2,1-2H3,(H,17,20). The number of non-ortho nitro benzene ring substituents is 1. The minimum atomic E-state index is -0.612. The number of benzene rings is 1. The second kappa shape index (κ2) is 7.76. The van der Waals surface area contributed by atoms with E-state index in [2.05, 4.69) is 5.32 Å². The van der Waals surface area contributed by atoms with E-state index in [1.54, 1.807) is 6.07 Å². The first-order chi connectivity index (χ1) is 11.5. The lowest BCUT2D eigenvalue weighted by atomic mass is 9.95. The van der Waals surface area contributed by atoms with Gasteiger partial charge in [0.1, 0.15) is 0 Å². The SMILES string of the molecule is CCNC(=O)C1CCN(c2ccc([N+](=O)[O-])cc2C(=O)OC)CC1. The van der Waals surface area contributed by atoms with Gasteiger partial charge in [0.05, 0.1) is 23.3 Å². The predicted molar refractivity (Wildman–Crippen MR) is 88.1 cm³/mol. The first-order valence-corrected chi connectivity index (χ1v) is 7.87. The van der Waals surface area contributed by atoms with Crippen LogP contribution in [0.5, 0.6) is 0 Å². The van der Waals surface area contributed by atoms with Crippen molar-refractivity contribution in [1.29, 1.82) is 0 Å². The van der Waals surface area contributed by atoms with E-state index < -0.39 is 10.9 Å². The van der Waals surface area contributed by atoms with Crippen LogP contribution in [-0.4, -0.2) is 43.5 Å². The molecule has 1 amide bonds. The molecule has 1 heterocycles. The summed E-state index contributed by atoms with van der Waals surface area (Å²) in [5.41, 5.74) is 0.612. The number of ether oxygens (including phenoxy) is 1. The van der Waals surface area contributed by atoms with Crippen LogP contribution >= 0.6 is 0 Å². The first kappa shape index (κ1) is 17.7. The molecule has 0 bridgehead atoms. The number of anilines is 1. The van der Waals surface area contributed by atoms with Crippen molar-refractivity contribution < 1.29 is 19.2 Å². The number of rotatable bonds is 5. The highest BCUT2D eigenvalue weighted by Crippen LogP contribution is 2.30. The van der Waals surface area contributed by atoms with Crippen molar-refractivity contribution in [3.05, 3.63) is 33.9 Å². The maximum atomic E-state index is 12.0. The molecule has 1 saturated heterocycles. The number of carbonyl (C=O) groups excluding carboxylic acids is 2. The third-order valence-corrected chi connectivity index (χ3v) is 4.15. The lowest BCUT2D eigenvalue weighted by molar-refractivity contribution is -0.384. The smallest absolute Gasteiger partial charge is 0.340 e. The average molecular weight is 335 g/mol. The summed E-state index contributed by atoms with van der Waals surface area (Å²) in [7, 11) is 1.24. The number of amides is 1. The summed E-state index contributed by atoms with van der Waals surface area (Å²) in [6, 6.07) is 4.17. The molecule has 0 spiro atoms. The van der Waals surface area contributed by atoms with E-state index in [0.717, 1.165) is 0 Å². The van der Waals surface area contributed by atoms with Crippen molar-refractivity contribution in [2.24, 2.45) is 5.92 Å². The zero-order chi connectivity index (χ0) is 17.7. The number of nitro benzene ring substituents is 1. The molecule has 24 heavy (non-hydrogen) atoms. The minimum absolute atomic E-state index is 0.0409. The predicted octanol–water partition coefficient (Wildman–Crippen LogP) is 1.73. The molecule has 0 unspecified atom stereocenters. The Morgan fingerprint density at radius 2 is 2.04 bits per heavy atom. The molecule has 1 N–H and O–H groups in total. The van der Waals surface area contributed by atoms with Crippen LogP contribution in [0, 0.1) is 16.0 Å². The van der Waals surface area contributed by atoms with Crippen LogP contribution in [0.4, 0.5) is 11.4 Å². The van der Waals surface area contributed by atoms with Crippen LogP contribution in [-0.2, 0) is 9.53 Å². The number of nitrogens with zero attached hydrogens (tertiary/aromatic N) is 2. The highest BCUT2D eigenvalue weighted by molar-refractivity contribution is 5.96. The lowest BCUT2D eigenvalue weighted by Crippen LogP contribution is -2.41. The summed E-state index contributed by atoms with van der Waals surface area (Å²) >= 11 is 0. The molecule has 130 valence electrons. The number of esters is 1. The van der Waals surface area contributed by atoms with Gasteiger partial charge in [-0.05, 0) is 25.8 Å². The fraction of sp³-hybridized carbons (Fsp3) is 0.500. The van der Waals surface area contributed by atoms with Crippen LogP contribution < -0.4 is 10.2 Å². The average Bonchev–Trinajstić information content (AvgIpc) is 2.60. The van der Waals surface area contributed by atoms with Crippen molar-refractivity contribution in [2.75, 3.05) is 31.6 Å². The van der Waals surface area contributed by atoms with Crippen molar-refractivity contribution in [3.8, 4) is 0 Å². The Kier molecular flexibility index (Phi) is 5.73. The van der Waals surface area contributed by atoms with Gasteiger partial charge in [-0.3, -0.25) is 14.9 Å². The second-order valence-corrected chi connectivity index (χ2v) is 5.61. The lowest BCUT2D eigenvalue weighted by Gasteiger charge is -2.33. The maximum Gasteiger partial charge on any atom is 0.340 e. The molecule has 0 radical (unpaired) electrons. The minimum Gasteiger partial charge on any atom is -0.465 e. The number of carbonyl (C=O) groups is 2.